The maximum atomic E-state index is 12.8. The van der Waals surface area contributed by atoms with Crippen LogP contribution >= 0.6 is 11.6 Å². The van der Waals surface area contributed by atoms with E-state index in [0.29, 0.717) is 17.8 Å². The molecule has 170 valence electrons. The van der Waals surface area contributed by atoms with Gasteiger partial charge in [-0.25, -0.2) is 9.78 Å². The minimum Gasteiger partial charge on any atom is -0.452 e. The number of hydrogen-bond donors (Lipinski definition) is 1. The average molecular weight is 477 g/mol. The van der Waals surface area contributed by atoms with Gasteiger partial charge >= 0.3 is 12.1 Å². The SMILES string of the molecule is Cc1ccc(C(=O)c2ccccc2C(=O)OCC(=O)Nc2ncc(C(F)(F)F)cc2Cl)cc1. The summed E-state index contributed by atoms with van der Waals surface area (Å²) in [6.45, 7) is 1.10. The molecular formula is C23H16ClF3N2O4. The Labute approximate surface area is 191 Å². The Morgan fingerprint density at radius 1 is 1.03 bits per heavy atom. The van der Waals surface area contributed by atoms with Crippen molar-refractivity contribution in [3.8, 4) is 0 Å². The fraction of sp³-hybridized carbons (Fsp3) is 0.130. The van der Waals surface area contributed by atoms with E-state index in [9.17, 15) is 27.6 Å². The number of anilines is 1. The largest absolute Gasteiger partial charge is 0.452 e. The first-order valence-corrected chi connectivity index (χ1v) is 9.84. The first kappa shape index (κ1) is 23.9. The van der Waals surface area contributed by atoms with Gasteiger partial charge in [0.05, 0.1) is 16.1 Å². The number of alkyl halides is 3. The number of carbonyl (C=O) groups is 3. The first-order valence-electron chi connectivity index (χ1n) is 9.46. The highest BCUT2D eigenvalue weighted by Gasteiger charge is 2.31. The second-order valence-corrected chi connectivity index (χ2v) is 7.32. The molecule has 0 saturated heterocycles. The summed E-state index contributed by atoms with van der Waals surface area (Å²) in [7, 11) is 0. The monoisotopic (exact) mass is 476 g/mol. The Bertz CT molecular complexity index is 1210. The van der Waals surface area contributed by atoms with Crippen molar-refractivity contribution in [3.63, 3.8) is 0 Å². The summed E-state index contributed by atoms with van der Waals surface area (Å²) in [5, 5.41) is 1.74. The molecule has 0 bridgehead atoms. The van der Waals surface area contributed by atoms with E-state index < -0.39 is 41.0 Å². The van der Waals surface area contributed by atoms with Crippen molar-refractivity contribution in [2.24, 2.45) is 0 Å². The summed E-state index contributed by atoms with van der Waals surface area (Å²) in [6, 6.07) is 13.4. The molecule has 0 aliphatic heterocycles. The molecule has 10 heteroatoms. The number of ketones is 1. The Balaban J connectivity index is 1.67. The molecule has 1 heterocycles. The summed E-state index contributed by atoms with van der Waals surface area (Å²) in [4.78, 5) is 40.9. The van der Waals surface area contributed by atoms with Crippen molar-refractivity contribution < 1.29 is 32.3 Å². The van der Waals surface area contributed by atoms with Crippen molar-refractivity contribution in [2.45, 2.75) is 13.1 Å². The summed E-state index contributed by atoms with van der Waals surface area (Å²) in [5.41, 5.74) is 0.321. The van der Waals surface area contributed by atoms with Crippen LogP contribution in [-0.2, 0) is 15.7 Å². The van der Waals surface area contributed by atoms with E-state index in [4.69, 9.17) is 16.3 Å². The molecule has 0 atom stereocenters. The highest BCUT2D eigenvalue weighted by molar-refractivity contribution is 6.33. The van der Waals surface area contributed by atoms with E-state index in [1.54, 1.807) is 30.3 Å². The van der Waals surface area contributed by atoms with Crippen molar-refractivity contribution in [1.29, 1.82) is 0 Å². The summed E-state index contributed by atoms with van der Waals surface area (Å²) >= 11 is 5.74. The zero-order valence-electron chi connectivity index (χ0n) is 17.1. The van der Waals surface area contributed by atoms with Gasteiger partial charge in [-0.2, -0.15) is 13.2 Å². The lowest BCUT2D eigenvalue weighted by Crippen LogP contribution is -2.22. The van der Waals surface area contributed by atoms with Crippen LogP contribution in [0.15, 0.2) is 60.8 Å². The molecule has 2 aromatic carbocycles. The highest BCUT2D eigenvalue weighted by Crippen LogP contribution is 2.32. The Hall–Kier alpha value is -3.72. The standard InChI is InChI=1S/C23H16ClF3N2O4/c1-13-6-8-14(9-7-13)20(31)16-4-2-3-5-17(16)22(32)33-12-19(30)29-21-18(24)10-15(11-28-21)23(25,26)27/h2-11H,12H2,1H3,(H,28,29,30). The number of nitrogens with zero attached hydrogens (tertiary/aromatic N) is 1. The van der Waals surface area contributed by atoms with E-state index in [1.165, 1.54) is 18.2 Å². The number of nitrogens with one attached hydrogen (secondary N) is 1. The van der Waals surface area contributed by atoms with Gasteiger partial charge in [-0.1, -0.05) is 59.6 Å². The van der Waals surface area contributed by atoms with Crippen LogP contribution in [0.3, 0.4) is 0 Å². The quantitative estimate of drug-likeness (QED) is 0.396. The molecule has 0 fully saturated rings. The smallest absolute Gasteiger partial charge is 0.417 e. The number of hydrogen-bond acceptors (Lipinski definition) is 5. The third-order valence-corrected chi connectivity index (χ3v) is 4.75. The van der Waals surface area contributed by atoms with Crippen LogP contribution in [0, 0.1) is 6.92 Å². The Morgan fingerprint density at radius 3 is 2.27 bits per heavy atom. The Morgan fingerprint density at radius 2 is 1.67 bits per heavy atom. The first-order chi connectivity index (χ1) is 15.6. The van der Waals surface area contributed by atoms with E-state index in [2.05, 4.69) is 10.3 Å². The molecule has 3 rings (SSSR count). The second-order valence-electron chi connectivity index (χ2n) is 6.92. The lowest BCUT2D eigenvalue weighted by atomic mass is 9.98. The fourth-order valence-corrected chi connectivity index (χ4v) is 3.00. The van der Waals surface area contributed by atoms with Gasteiger partial charge in [0.15, 0.2) is 18.2 Å². The lowest BCUT2D eigenvalue weighted by molar-refractivity contribution is -0.137. The molecule has 1 N–H and O–H groups in total. The van der Waals surface area contributed by atoms with Gasteiger partial charge in [0, 0.05) is 17.3 Å². The molecule has 0 unspecified atom stereocenters. The van der Waals surface area contributed by atoms with Crippen LogP contribution in [0.25, 0.3) is 0 Å². The number of pyridine rings is 1. The second kappa shape index (κ2) is 9.83. The number of amides is 1. The minimum absolute atomic E-state index is 0.0402. The number of carbonyl (C=O) groups excluding carboxylic acids is 3. The van der Waals surface area contributed by atoms with E-state index >= 15 is 0 Å². The van der Waals surface area contributed by atoms with Gasteiger partial charge < -0.3 is 10.1 Å². The third kappa shape index (κ3) is 5.95. The van der Waals surface area contributed by atoms with Gasteiger partial charge in [0.2, 0.25) is 0 Å². The molecule has 33 heavy (non-hydrogen) atoms. The third-order valence-electron chi connectivity index (χ3n) is 4.47. The maximum absolute atomic E-state index is 12.8. The number of esters is 1. The number of benzene rings is 2. The van der Waals surface area contributed by atoms with Crippen LogP contribution in [-0.4, -0.2) is 29.3 Å². The Kier molecular flexibility index (Phi) is 7.13. The molecular weight excluding hydrogens is 461 g/mol. The van der Waals surface area contributed by atoms with Crippen molar-refractivity contribution in [2.75, 3.05) is 11.9 Å². The van der Waals surface area contributed by atoms with Crippen LogP contribution < -0.4 is 5.32 Å². The molecule has 1 aromatic heterocycles. The number of halogens is 4. The van der Waals surface area contributed by atoms with Crippen molar-refractivity contribution in [3.05, 3.63) is 93.6 Å². The summed E-state index contributed by atoms with van der Waals surface area (Å²) in [6.07, 6.45) is -4.13. The molecule has 1 amide bonds. The van der Waals surface area contributed by atoms with Crippen LogP contribution in [0.5, 0.6) is 0 Å². The molecule has 0 saturated carbocycles. The van der Waals surface area contributed by atoms with Crippen LogP contribution in [0.4, 0.5) is 19.0 Å². The molecule has 6 nitrogen and oxygen atoms in total. The molecule has 0 aliphatic rings. The van der Waals surface area contributed by atoms with Gasteiger partial charge in [0.25, 0.3) is 5.91 Å². The van der Waals surface area contributed by atoms with Gasteiger partial charge in [-0.05, 0) is 19.1 Å². The predicted molar refractivity (Wildman–Crippen MR) is 114 cm³/mol. The molecule has 3 aromatic rings. The number of ether oxygens (including phenoxy) is 1. The van der Waals surface area contributed by atoms with Crippen molar-refractivity contribution in [1.82, 2.24) is 4.98 Å². The lowest BCUT2D eigenvalue weighted by Gasteiger charge is -2.11. The fourth-order valence-electron chi connectivity index (χ4n) is 2.78. The molecule has 0 aliphatic carbocycles. The zero-order valence-corrected chi connectivity index (χ0v) is 17.8. The number of rotatable bonds is 6. The predicted octanol–water partition coefficient (Wildman–Crippen LogP) is 5.09. The number of aryl methyl sites for hydroxylation is 1. The van der Waals surface area contributed by atoms with Gasteiger partial charge in [-0.15, -0.1) is 0 Å². The highest BCUT2D eigenvalue weighted by atomic mass is 35.5. The minimum atomic E-state index is -4.64. The topological polar surface area (TPSA) is 85.4 Å². The molecule has 0 radical (unpaired) electrons. The zero-order chi connectivity index (χ0) is 24.2. The van der Waals surface area contributed by atoms with E-state index in [0.717, 1.165) is 5.56 Å². The van der Waals surface area contributed by atoms with Gasteiger partial charge in [0.1, 0.15) is 0 Å². The van der Waals surface area contributed by atoms with Crippen molar-refractivity contribution >= 4 is 35.1 Å². The normalized spacial score (nSPS) is 11.1. The van der Waals surface area contributed by atoms with Crippen LogP contribution in [0.2, 0.25) is 5.02 Å². The molecule has 0 spiro atoms. The van der Waals surface area contributed by atoms with E-state index in [1.807, 2.05) is 6.92 Å². The van der Waals surface area contributed by atoms with Crippen LogP contribution in [0.1, 0.15) is 37.4 Å². The average Bonchev–Trinajstić information content (AvgIpc) is 2.78. The van der Waals surface area contributed by atoms with E-state index in [-0.39, 0.29) is 16.9 Å². The number of aromatic nitrogens is 1. The van der Waals surface area contributed by atoms with Gasteiger partial charge in [-0.3, -0.25) is 9.59 Å². The summed E-state index contributed by atoms with van der Waals surface area (Å²) < 4.78 is 43.0. The maximum Gasteiger partial charge on any atom is 0.417 e. The summed E-state index contributed by atoms with van der Waals surface area (Å²) in [5.74, 6) is -2.51.